The van der Waals surface area contributed by atoms with E-state index in [1.54, 1.807) is 0 Å². The number of hydrogen-bond donors (Lipinski definition) is 1. The molecule has 2 nitrogen and oxygen atoms in total. The minimum absolute atomic E-state index is 0.721. The van der Waals surface area contributed by atoms with Gasteiger partial charge in [0.15, 0.2) is 0 Å². The van der Waals surface area contributed by atoms with E-state index < -0.39 is 0 Å². The first-order valence-corrected chi connectivity index (χ1v) is 6.68. The van der Waals surface area contributed by atoms with Gasteiger partial charge in [-0.3, -0.25) is 0 Å². The lowest BCUT2D eigenvalue weighted by atomic mass is 9.97. The molecule has 2 rings (SSSR count). The van der Waals surface area contributed by atoms with Gasteiger partial charge in [-0.2, -0.15) is 0 Å². The molecule has 0 spiro atoms. The molecule has 0 radical (unpaired) electrons. The van der Waals surface area contributed by atoms with E-state index in [1.807, 2.05) is 6.92 Å². The normalized spacial score (nSPS) is 17.5. The fourth-order valence-electron chi connectivity index (χ4n) is 2.46. The van der Waals surface area contributed by atoms with Crippen LogP contribution in [0.5, 0.6) is 0 Å². The molecular formula is C14H21ClN2. The Morgan fingerprint density at radius 3 is 2.47 bits per heavy atom. The van der Waals surface area contributed by atoms with Crippen LogP contribution in [0.2, 0.25) is 5.02 Å². The Balaban J connectivity index is 2.33. The predicted molar refractivity (Wildman–Crippen MR) is 75.9 cm³/mol. The number of aryl methyl sites for hydroxylation is 1. The maximum absolute atomic E-state index is 6.28. The summed E-state index contributed by atoms with van der Waals surface area (Å²) in [5.41, 5.74) is 10.1. The molecule has 0 atom stereocenters. The second-order valence-corrected chi connectivity index (χ2v) is 5.61. The largest absolute Gasteiger partial charge is 0.397 e. The molecule has 0 unspecified atom stereocenters. The van der Waals surface area contributed by atoms with Crippen LogP contribution in [0.15, 0.2) is 6.07 Å². The lowest BCUT2D eigenvalue weighted by Gasteiger charge is -2.34. The summed E-state index contributed by atoms with van der Waals surface area (Å²) < 4.78 is 0. The second kappa shape index (κ2) is 4.77. The Bertz CT molecular complexity index is 421. The van der Waals surface area contributed by atoms with Crippen LogP contribution in [0.3, 0.4) is 0 Å². The fraction of sp³-hybridized carbons (Fsp3) is 0.571. The smallest absolute Gasteiger partial charge is 0.0687 e. The Hall–Kier alpha value is -0.890. The van der Waals surface area contributed by atoms with E-state index in [4.69, 9.17) is 17.3 Å². The number of hydrogen-bond acceptors (Lipinski definition) is 2. The molecule has 0 aromatic heterocycles. The minimum atomic E-state index is 0.721. The van der Waals surface area contributed by atoms with Crippen molar-refractivity contribution >= 4 is 23.0 Å². The van der Waals surface area contributed by atoms with Gasteiger partial charge in [-0.25, -0.2) is 0 Å². The van der Waals surface area contributed by atoms with Crippen molar-refractivity contribution in [1.29, 1.82) is 0 Å². The number of nitrogen functional groups attached to an aromatic ring is 1. The lowest BCUT2D eigenvalue weighted by molar-refractivity contribution is 0.438. The summed E-state index contributed by atoms with van der Waals surface area (Å²) in [7, 11) is 0. The molecular weight excluding hydrogens is 232 g/mol. The van der Waals surface area contributed by atoms with Gasteiger partial charge in [-0.15, -0.1) is 0 Å². The highest BCUT2D eigenvalue weighted by Crippen LogP contribution is 2.35. The maximum Gasteiger partial charge on any atom is 0.0687 e. The van der Waals surface area contributed by atoms with E-state index >= 15 is 0 Å². The standard InChI is InChI=1S/C14H21ClN2/c1-9-4-6-17(7-5-9)12-8-10(2)14(16)13(15)11(12)3/h8-9H,4-7,16H2,1-3H3. The molecule has 0 bridgehead atoms. The van der Waals surface area contributed by atoms with Gasteiger partial charge in [0.05, 0.1) is 10.7 Å². The minimum Gasteiger partial charge on any atom is -0.397 e. The summed E-state index contributed by atoms with van der Waals surface area (Å²) >= 11 is 6.28. The second-order valence-electron chi connectivity index (χ2n) is 5.23. The Morgan fingerprint density at radius 2 is 1.88 bits per heavy atom. The summed E-state index contributed by atoms with van der Waals surface area (Å²) in [5, 5.41) is 0.721. The van der Waals surface area contributed by atoms with Gasteiger partial charge in [0, 0.05) is 18.8 Å². The third-order valence-electron chi connectivity index (χ3n) is 3.85. The zero-order valence-electron chi connectivity index (χ0n) is 10.9. The zero-order chi connectivity index (χ0) is 12.6. The number of benzene rings is 1. The van der Waals surface area contributed by atoms with E-state index in [9.17, 15) is 0 Å². The van der Waals surface area contributed by atoms with Crippen molar-refractivity contribution in [3.8, 4) is 0 Å². The van der Waals surface area contributed by atoms with Gasteiger partial charge >= 0.3 is 0 Å². The quantitative estimate of drug-likeness (QED) is 0.771. The van der Waals surface area contributed by atoms with Gasteiger partial charge in [-0.1, -0.05) is 18.5 Å². The van der Waals surface area contributed by atoms with E-state index in [-0.39, 0.29) is 0 Å². The average Bonchev–Trinajstić information content (AvgIpc) is 2.32. The van der Waals surface area contributed by atoms with Crippen molar-refractivity contribution < 1.29 is 0 Å². The first kappa shape index (κ1) is 12.6. The van der Waals surface area contributed by atoms with Gasteiger partial charge < -0.3 is 10.6 Å². The van der Waals surface area contributed by atoms with Gasteiger partial charge in [0.25, 0.3) is 0 Å². The summed E-state index contributed by atoms with van der Waals surface area (Å²) in [6.07, 6.45) is 2.53. The summed E-state index contributed by atoms with van der Waals surface area (Å²) in [6, 6.07) is 2.17. The fourth-order valence-corrected chi connectivity index (χ4v) is 2.70. The SMILES string of the molecule is Cc1cc(N2CCC(C)CC2)c(C)c(Cl)c1N. The number of rotatable bonds is 1. The third-order valence-corrected chi connectivity index (χ3v) is 4.34. The molecule has 94 valence electrons. The Kier molecular flexibility index (Phi) is 3.53. The number of nitrogens with two attached hydrogens (primary N) is 1. The Morgan fingerprint density at radius 1 is 1.29 bits per heavy atom. The topological polar surface area (TPSA) is 29.3 Å². The molecule has 1 aromatic carbocycles. The van der Waals surface area contributed by atoms with Gasteiger partial charge in [-0.05, 0) is 49.8 Å². The molecule has 1 heterocycles. The van der Waals surface area contributed by atoms with Gasteiger partial charge in [0.1, 0.15) is 0 Å². The highest BCUT2D eigenvalue weighted by Gasteiger charge is 2.19. The maximum atomic E-state index is 6.28. The number of piperidine rings is 1. The summed E-state index contributed by atoms with van der Waals surface area (Å²) in [4.78, 5) is 2.44. The van der Waals surface area contributed by atoms with E-state index in [0.717, 1.165) is 40.8 Å². The van der Waals surface area contributed by atoms with Crippen molar-refractivity contribution in [2.24, 2.45) is 5.92 Å². The molecule has 1 aromatic rings. The van der Waals surface area contributed by atoms with Crippen LogP contribution in [0.4, 0.5) is 11.4 Å². The molecule has 2 N–H and O–H groups in total. The molecule has 1 aliphatic rings. The molecule has 0 aliphatic carbocycles. The monoisotopic (exact) mass is 252 g/mol. The van der Waals surface area contributed by atoms with E-state index in [2.05, 4.69) is 24.8 Å². The molecule has 0 amide bonds. The van der Waals surface area contributed by atoms with Crippen LogP contribution in [0, 0.1) is 19.8 Å². The highest BCUT2D eigenvalue weighted by atomic mass is 35.5. The highest BCUT2D eigenvalue weighted by molar-refractivity contribution is 6.34. The molecule has 3 heteroatoms. The zero-order valence-corrected chi connectivity index (χ0v) is 11.6. The third kappa shape index (κ3) is 2.37. The van der Waals surface area contributed by atoms with E-state index in [1.165, 1.54) is 18.5 Å². The van der Waals surface area contributed by atoms with Crippen molar-refractivity contribution in [3.05, 3.63) is 22.2 Å². The molecule has 1 aliphatic heterocycles. The first-order chi connectivity index (χ1) is 8.00. The van der Waals surface area contributed by atoms with E-state index in [0.29, 0.717) is 0 Å². The average molecular weight is 253 g/mol. The summed E-state index contributed by atoms with van der Waals surface area (Å²) in [5.74, 6) is 0.844. The molecule has 1 saturated heterocycles. The predicted octanol–water partition coefficient (Wildman–Crippen LogP) is 3.78. The van der Waals surface area contributed by atoms with Crippen LogP contribution in [-0.2, 0) is 0 Å². The lowest BCUT2D eigenvalue weighted by Crippen LogP contribution is -2.33. The number of anilines is 2. The first-order valence-electron chi connectivity index (χ1n) is 6.30. The van der Waals surface area contributed by atoms with Crippen molar-refractivity contribution in [2.75, 3.05) is 23.7 Å². The van der Waals surface area contributed by atoms with Crippen molar-refractivity contribution in [1.82, 2.24) is 0 Å². The van der Waals surface area contributed by atoms with Crippen molar-refractivity contribution in [3.63, 3.8) is 0 Å². The Labute approximate surface area is 109 Å². The number of nitrogens with zero attached hydrogens (tertiary/aromatic N) is 1. The van der Waals surface area contributed by atoms with Crippen LogP contribution in [-0.4, -0.2) is 13.1 Å². The van der Waals surface area contributed by atoms with Crippen LogP contribution < -0.4 is 10.6 Å². The number of halogens is 1. The van der Waals surface area contributed by atoms with Gasteiger partial charge in [0.2, 0.25) is 0 Å². The molecule has 0 saturated carbocycles. The van der Waals surface area contributed by atoms with Crippen LogP contribution in [0.25, 0.3) is 0 Å². The van der Waals surface area contributed by atoms with Crippen molar-refractivity contribution in [2.45, 2.75) is 33.6 Å². The molecule has 17 heavy (non-hydrogen) atoms. The molecule has 1 fully saturated rings. The summed E-state index contributed by atoms with van der Waals surface area (Å²) in [6.45, 7) is 8.66. The van der Waals surface area contributed by atoms with Crippen LogP contribution in [0.1, 0.15) is 30.9 Å². The van der Waals surface area contributed by atoms with Crippen LogP contribution >= 0.6 is 11.6 Å².